The molecule has 2 amide bonds. The summed E-state index contributed by atoms with van der Waals surface area (Å²) in [5.41, 5.74) is 8.22. The summed E-state index contributed by atoms with van der Waals surface area (Å²) < 4.78 is 0. The summed E-state index contributed by atoms with van der Waals surface area (Å²) in [6, 6.07) is 9.75. The Kier molecular flexibility index (Phi) is 6.21. The van der Waals surface area contributed by atoms with Crippen molar-refractivity contribution in [2.24, 2.45) is 5.73 Å². The van der Waals surface area contributed by atoms with E-state index in [1.54, 1.807) is 11.4 Å². The minimum atomic E-state index is -0.540. The first-order chi connectivity index (χ1) is 12.1. The van der Waals surface area contributed by atoms with Gasteiger partial charge in [0, 0.05) is 6.54 Å². The number of nitrogens with one attached hydrogen (secondary N) is 1. The Balaban J connectivity index is 2.00. The molecule has 3 N–H and O–H groups in total. The number of anilines is 1. The fourth-order valence-corrected chi connectivity index (χ4v) is 3.35. The molecule has 2 aromatic rings. The molecule has 1 atom stereocenters. The van der Waals surface area contributed by atoms with Crippen molar-refractivity contribution in [2.45, 2.75) is 45.7 Å². The van der Waals surface area contributed by atoms with Crippen LogP contribution in [0.25, 0.3) is 0 Å². The maximum absolute atomic E-state index is 12.5. The normalized spacial score (nSPS) is 12.8. The van der Waals surface area contributed by atoms with Gasteiger partial charge in [-0.15, -0.1) is 11.3 Å². The maximum Gasteiger partial charge on any atom is 0.251 e. The Morgan fingerprint density at radius 1 is 1.19 bits per heavy atom. The van der Waals surface area contributed by atoms with E-state index in [1.165, 1.54) is 16.9 Å². The van der Waals surface area contributed by atoms with Crippen LogP contribution in [0, 0.1) is 0 Å². The molecule has 2 rings (SSSR count). The maximum atomic E-state index is 12.5. The minimum Gasteiger partial charge on any atom is -0.366 e. The summed E-state index contributed by atoms with van der Waals surface area (Å²) in [7, 11) is 1.91. The third-order valence-electron chi connectivity index (χ3n) is 4.46. The predicted octanol–water partition coefficient (Wildman–Crippen LogP) is 3.60. The molecule has 0 saturated carbocycles. The van der Waals surface area contributed by atoms with Crippen LogP contribution in [0.15, 0.2) is 35.7 Å². The highest BCUT2D eigenvalue weighted by Gasteiger charge is 2.21. The molecule has 0 fully saturated rings. The van der Waals surface area contributed by atoms with E-state index in [4.69, 9.17) is 5.73 Å². The molecule has 0 bridgehead atoms. The first kappa shape index (κ1) is 20.1. The van der Waals surface area contributed by atoms with E-state index in [-0.39, 0.29) is 17.4 Å². The van der Waals surface area contributed by atoms with Crippen LogP contribution in [-0.4, -0.2) is 29.8 Å². The Morgan fingerprint density at radius 3 is 2.35 bits per heavy atom. The second-order valence-electron chi connectivity index (χ2n) is 7.55. The molecule has 1 aromatic carbocycles. The molecular formula is C20H27N3O2S. The third kappa shape index (κ3) is 4.93. The second kappa shape index (κ2) is 8.01. The summed E-state index contributed by atoms with van der Waals surface area (Å²) in [6.07, 6.45) is 0. The van der Waals surface area contributed by atoms with Crippen molar-refractivity contribution in [3.05, 3.63) is 52.4 Å². The Labute approximate surface area is 159 Å². The topological polar surface area (TPSA) is 75.4 Å². The standard InChI is InChI=1S/C20H27N3O2S/c1-13(18(25)22-19-16(17(21)24)10-11-26-19)23(5)12-14-6-8-15(9-7-14)20(2,3)4/h6-11,13H,12H2,1-5H3,(H2,21,24)(H,22,25). The average Bonchev–Trinajstić information content (AvgIpc) is 3.02. The monoisotopic (exact) mass is 373 g/mol. The Bertz CT molecular complexity index is 775. The van der Waals surface area contributed by atoms with Gasteiger partial charge >= 0.3 is 0 Å². The van der Waals surface area contributed by atoms with Crippen LogP contribution in [-0.2, 0) is 16.8 Å². The lowest BCUT2D eigenvalue weighted by Crippen LogP contribution is -2.39. The SMILES string of the molecule is CC(C(=O)Nc1sccc1C(N)=O)N(C)Cc1ccc(C(C)(C)C)cc1. The molecule has 0 radical (unpaired) electrons. The summed E-state index contributed by atoms with van der Waals surface area (Å²) in [5, 5.41) is 5.04. The molecule has 0 aliphatic carbocycles. The van der Waals surface area contributed by atoms with Gasteiger partial charge in [-0.25, -0.2) is 0 Å². The van der Waals surface area contributed by atoms with Gasteiger partial charge in [-0.2, -0.15) is 0 Å². The lowest BCUT2D eigenvalue weighted by molar-refractivity contribution is -0.120. The van der Waals surface area contributed by atoms with Crippen molar-refractivity contribution in [3.63, 3.8) is 0 Å². The van der Waals surface area contributed by atoms with E-state index < -0.39 is 5.91 Å². The number of nitrogens with zero attached hydrogens (tertiary/aromatic N) is 1. The van der Waals surface area contributed by atoms with Crippen LogP contribution < -0.4 is 11.1 Å². The van der Waals surface area contributed by atoms with Gasteiger partial charge in [0.05, 0.1) is 11.6 Å². The van der Waals surface area contributed by atoms with E-state index in [0.29, 0.717) is 17.1 Å². The van der Waals surface area contributed by atoms with Crippen LogP contribution >= 0.6 is 11.3 Å². The molecule has 140 valence electrons. The second-order valence-corrected chi connectivity index (χ2v) is 8.47. The van der Waals surface area contributed by atoms with Crippen molar-refractivity contribution >= 4 is 28.2 Å². The van der Waals surface area contributed by atoms with E-state index in [1.807, 2.05) is 18.9 Å². The van der Waals surface area contributed by atoms with E-state index in [2.05, 4.69) is 50.4 Å². The molecule has 0 aliphatic rings. The highest BCUT2D eigenvalue weighted by molar-refractivity contribution is 7.14. The number of benzene rings is 1. The molecular weight excluding hydrogens is 346 g/mol. The highest BCUT2D eigenvalue weighted by atomic mass is 32.1. The lowest BCUT2D eigenvalue weighted by atomic mass is 9.87. The Morgan fingerprint density at radius 2 is 1.81 bits per heavy atom. The zero-order chi connectivity index (χ0) is 19.5. The molecule has 5 nitrogen and oxygen atoms in total. The number of carbonyl (C=O) groups is 2. The number of hydrogen-bond acceptors (Lipinski definition) is 4. The van der Waals surface area contributed by atoms with Gasteiger partial charge in [0.2, 0.25) is 5.91 Å². The zero-order valence-corrected chi connectivity index (χ0v) is 16.8. The average molecular weight is 374 g/mol. The predicted molar refractivity (Wildman–Crippen MR) is 108 cm³/mol. The molecule has 26 heavy (non-hydrogen) atoms. The number of primary amides is 1. The van der Waals surface area contributed by atoms with Crippen molar-refractivity contribution < 1.29 is 9.59 Å². The van der Waals surface area contributed by atoms with Gasteiger partial charge in [-0.3, -0.25) is 14.5 Å². The molecule has 0 spiro atoms. The molecule has 6 heteroatoms. The summed E-state index contributed by atoms with van der Waals surface area (Å²) in [5.74, 6) is -0.703. The van der Waals surface area contributed by atoms with Crippen molar-refractivity contribution in [1.82, 2.24) is 4.90 Å². The third-order valence-corrected chi connectivity index (χ3v) is 5.29. The van der Waals surface area contributed by atoms with Crippen LogP contribution in [0.3, 0.4) is 0 Å². The fourth-order valence-electron chi connectivity index (χ4n) is 2.55. The minimum absolute atomic E-state index is 0.121. The lowest BCUT2D eigenvalue weighted by Gasteiger charge is -2.24. The van der Waals surface area contributed by atoms with E-state index >= 15 is 0 Å². The number of likely N-dealkylation sites (N-methyl/N-ethyl adjacent to an activating group) is 1. The number of nitrogens with two attached hydrogens (primary N) is 1. The fraction of sp³-hybridized carbons (Fsp3) is 0.400. The molecule has 1 aromatic heterocycles. The molecule has 1 heterocycles. The van der Waals surface area contributed by atoms with Gasteiger partial charge in [0.25, 0.3) is 5.91 Å². The number of rotatable bonds is 6. The first-order valence-electron chi connectivity index (χ1n) is 8.57. The molecule has 1 unspecified atom stereocenters. The van der Waals surface area contributed by atoms with E-state index in [9.17, 15) is 9.59 Å². The summed E-state index contributed by atoms with van der Waals surface area (Å²) in [4.78, 5) is 25.8. The van der Waals surface area contributed by atoms with Crippen LogP contribution in [0.2, 0.25) is 0 Å². The number of hydrogen-bond donors (Lipinski definition) is 2. The molecule has 0 aliphatic heterocycles. The largest absolute Gasteiger partial charge is 0.366 e. The summed E-state index contributed by atoms with van der Waals surface area (Å²) in [6.45, 7) is 9.06. The van der Waals surface area contributed by atoms with Crippen LogP contribution in [0.5, 0.6) is 0 Å². The first-order valence-corrected chi connectivity index (χ1v) is 9.45. The Hall–Kier alpha value is -2.18. The number of thiophene rings is 1. The zero-order valence-electron chi connectivity index (χ0n) is 16.0. The smallest absolute Gasteiger partial charge is 0.251 e. The van der Waals surface area contributed by atoms with Gasteiger partial charge < -0.3 is 11.1 Å². The van der Waals surface area contributed by atoms with Crippen LogP contribution in [0.4, 0.5) is 5.00 Å². The quantitative estimate of drug-likeness (QED) is 0.812. The van der Waals surface area contributed by atoms with Gasteiger partial charge in [-0.1, -0.05) is 45.0 Å². The van der Waals surface area contributed by atoms with Crippen LogP contribution in [0.1, 0.15) is 49.2 Å². The van der Waals surface area contributed by atoms with Gasteiger partial charge in [0.1, 0.15) is 5.00 Å². The molecule has 0 saturated heterocycles. The van der Waals surface area contributed by atoms with E-state index in [0.717, 1.165) is 5.56 Å². The van der Waals surface area contributed by atoms with Crippen molar-refractivity contribution in [3.8, 4) is 0 Å². The van der Waals surface area contributed by atoms with Crippen molar-refractivity contribution in [2.75, 3.05) is 12.4 Å². The summed E-state index contributed by atoms with van der Waals surface area (Å²) >= 11 is 1.29. The van der Waals surface area contributed by atoms with Crippen molar-refractivity contribution in [1.29, 1.82) is 0 Å². The van der Waals surface area contributed by atoms with Gasteiger partial charge in [0.15, 0.2) is 0 Å². The highest BCUT2D eigenvalue weighted by Crippen LogP contribution is 2.24. The number of amides is 2. The van der Waals surface area contributed by atoms with Gasteiger partial charge in [-0.05, 0) is 42.0 Å². The number of carbonyl (C=O) groups excluding carboxylic acids is 2.